The largest absolute Gasteiger partial charge is 0.461 e. The van der Waals surface area contributed by atoms with Crippen molar-refractivity contribution in [3.8, 4) is 0 Å². The highest BCUT2D eigenvalue weighted by Crippen LogP contribution is 2.15. The molecule has 0 N–H and O–H groups in total. The molecule has 0 unspecified atom stereocenters. The summed E-state index contributed by atoms with van der Waals surface area (Å²) >= 11 is 3.17. The van der Waals surface area contributed by atoms with Crippen molar-refractivity contribution in [3.63, 3.8) is 0 Å². The van der Waals surface area contributed by atoms with Crippen LogP contribution in [-0.2, 0) is 0 Å². The third kappa shape index (κ3) is 2.47. The third-order valence-electron chi connectivity index (χ3n) is 1.76. The van der Waals surface area contributed by atoms with Gasteiger partial charge < -0.3 is 8.83 Å². The van der Waals surface area contributed by atoms with Crippen LogP contribution in [0.3, 0.4) is 0 Å². The molecule has 0 saturated heterocycles. The average Bonchev–Trinajstić information content (AvgIpc) is 2.84. The Balaban J connectivity index is 2.09. The normalized spacial score (nSPS) is 11.0. The maximum Gasteiger partial charge on any atom is 0.221 e. The van der Waals surface area contributed by atoms with Crippen molar-refractivity contribution >= 4 is 27.8 Å². The van der Waals surface area contributed by atoms with Gasteiger partial charge in [-0.3, -0.25) is 4.79 Å². The lowest BCUT2D eigenvalue weighted by molar-refractivity contribution is 0.102. The van der Waals surface area contributed by atoms with Gasteiger partial charge in [0.15, 0.2) is 10.4 Å². The van der Waals surface area contributed by atoms with Gasteiger partial charge in [-0.25, -0.2) is 0 Å². The third-order valence-corrected chi connectivity index (χ3v) is 2.18. The monoisotopic (exact) mass is 266 g/mol. The van der Waals surface area contributed by atoms with Gasteiger partial charge in [-0.05, 0) is 52.3 Å². The Morgan fingerprint density at radius 1 is 1.33 bits per heavy atom. The van der Waals surface area contributed by atoms with Crippen molar-refractivity contribution in [3.05, 3.63) is 52.8 Å². The van der Waals surface area contributed by atoms with Gasteiger partial charge in [0.2, 0.25) is 5.78 Å². The topological polar surface area (TPSA) is 43.4 Å². The molecule has 15 heavy (non-hydrogen) atoms. The summed E-state index contributed by atoms with van der Waals surface area (Å²) < 4.78 is 10.8. The number of rotatable bonds is 3. The van der Waals surface area contributed by atoms with Crippen LogP contribution in [0.4, 0.5) is 0 Å². The van der Waals surface area contributed by atoms with Gasteiger partial charge in [-0.2, -0.15) is 0 Å². The van der Waals surface area contributed by atoms with Gasteiger partial charge >= 0.3 is 0 Å². The SMILES string of the molecule is O=C(/C=C/c1ccc(Br)o1)c1ccco1. The Bertz CT molecular complexity index is 480. The van der Waals surface area contributed by atoms with Crippen molar-refractivity contribution < 1.29 is 13.6 Å². The molecule has 2 heterocycles. The highest BCUT2D eigenvalue weighted by Gasteiger charge is 2.04. The Morgan fingerprint density at radius 3 is 2.80 bits per heavy atom. The summed E-state index contributed by atoms with van der Waals surface area (Å²) in [6.07, 6.45) is 4.46. The molecule has 4 heteroatoms. The van der Waals surface area contributed by atoms with E-state index in [-0.39, 0.29) is 5.78 Å². The van der Waals surface area contributed by atoms with Crippen LogP contribution in [0, 0.1) is 0 Å². The second-order valence-electron chi connectivity index (χ2n) is 2.82. The van der Waals surface area contributed by atoms with Gasteiger partial charge in [0.25, 0.3) is 0 Å². The van der Waals surface area contributed by atoms with Gasteiger partial charge in [-0.15, -0.1) is 0 Å². The predicted octanol–water partition coefficient (Wildman–Crippen LogP) is 3.53. The van der Waals surface area contributed by atoms with E-state index in [1.807, 2.05) is 0 Å². The maximum atomic E-state index is 11.5. The number of allylic oxidation sites excluding steroid dienone is 1. The van der Waals surface area contributed by atoms with Crippen LogP contribution in [-0.4, -0.2) is 5.78 Å². The lowest BCUT2D eigenvalue weighted by atomic mass is 10.2. The first-order valence-electron chi connectivity index (χ1n) is 4.27. The zero-order chi connectivity index (χ0) is 10.7. The molecule has 0 aliphatic carbocycles. The van der Waals surface area contributed by atoms with Crippen LogP contribution >= 0.6 is 15.9 Å². The van der Waals surface area contributed by atoms with Crippen LogP contribution in [0.2, 0.25) is 0 Å². The molecule has 2 rings (SSSR count). The summed E-state index contributed by atoms with van der Waals surface area (Å²) in [6, 6.07) is 6.81. The lowest BCUT2D eigenvalue weighted by Crippen LogP contribution is -1.89. The highest BCUT2D eigenvalue weighted by atomic mass is 79.9. The van der Waals surface area contributed by atoms with E-state index in [0.29, 0.717) is 16.2 Å². The second kappa shape index (κ2) is 4.31. The first kappa shape index (κ1) is 9.98. The van der Waals surface area contributed by atoms with E-state index in [2.05, 4.69) is 15.9 Å². The van der Waals surface area contributed by atoms with E-state index in [9.17, 15) is 4.79 Å². The van der Waals surface area contributed by atoms with Crippen molar-refractivity contribution in [2.45, 2.75) is 0 Å². The molecule has 2 aromatic rings. The molecule has 0 fully saturated rings. The fraction of sp³-hybridized carbons (Fsp3) is 0. The number of furan rings is 2. The number of carbonyl (C=O) groups excluding carboxylic acids is 1. The Kier molecular flexibility index (Phi) is 2.87. The fourth-order valence-electron chi connectivity index (χ4n) is 1.08. The van der Waals surface area contributed by atoms with E-state index in [1.165, 1.54) is 12.3 Å². The maximum absolute atomic E-state index is 11.5. The lowest BCUT2D eigenvalue weighted by Gasteiger charge is -1.86. The molecule has 0 aliphatic heterocycles. The number of carbonyl (C=O) groups is 1. The molecule has 76 valence electrons. The zero-order valence-electron chi connectivity index (χ0n) is 7.64. The minimum Gasteiger partial charge on any atom is -0.461 e. The Labute approximate surface area is 94.5 Å². The second-order valence-corrected chi connectivity index (χ2v) is 3.60. The van der Waals surface area contributed by atoms with Crippen LogP contribution in [0.25, 0.3) is 6.08 Å². The molecular weight excluding hydrogens is 260 g/mol. The molecule has 3 nitrogen and oxygen atoms in total. The number of hydrogen-bond acceptors (Lipinski definition) is 3. The van der Waals surface area contributed by atoms with E-state index >= 15 is 0 Å². The summed E-state index contributed by atoms with van der Waals surface area (Å²) in [6.45, 7) is 0. The molecule has 0 atom stereocenters. The van der Waals surface area contributed by atoms with Gasteiger partial charge in [0.1, 0.15) is 5.76 Å². The van der Waals surface area contributed by atoms with Crippen LogP contribution in [0.1, 0.15) is 16.3 Å². The Hall–Kier alpha value is -1.55. The minimum atomic E-state index is -0.187. The molecule has 0 amide bonds. The molecule has 0 saturated carbocycles. The van der Waals surface area contributed by atoms with Crippen LogP contribution < -0.4 is 0 Å². The Morgan fingerprint density at radius 2 is 2.20 bits per heavy atom. The number of ketones is 1. The summed E-state index contributed by atoms with van der Waals surface area (Å²) in [7, 11) is 0. The van der Waals surface area contributed by atoms with E-state index in [0.717, 1.165) is 0 Å². The molecule has 2 aromatic heterocycles. The van der Waals surface area contributed by atoms with E-state index in [1.54, 1.807) is 30.3 Å². The molecule has 0 radical (unpaired) electrons. The van der Waals surface area contributed by atoms with Crippen LogP contribution in [0.15, 0.2) is 50.1 Å². The summed E-state index contributed by atoms with van der Waals surface area (Å²) in [5.41, 5.74) is 0. The number of hydrogen-bond donors (Lipinski definition) is 0. The molecule has 0 spiro atoms. The van der Waals surface area contributed by atoms with Crippen molar-refractivity contribution in [1.29, 1.82) is 0 Å². The zero-order valence-corrected chi connectivity index (χ0v) is 9.23. The number of halogens is 1. The first-order chi connectivity index (χ1) is 7.25. The molecular formula is C11H7BrO3. The smallest absolute Gasteiger partial charge is 0.221 e. The van der Waals surface area contributed by atoms with Crippen molar-refractivity contribution in [2.75, 3.05) is 0 Å². The predicted molar refractivity (Wildman–Crippen MR) is 58.5 cm³/mol. The molecule has 0 aliphatic rings. The first-order valence-corrected chi connectivity index (χ1v) is 5.06. The summed E-state index contributed by atoms with van der Waals surface area (Å²) in [4.78, 5) is 11.5. The average molecular weight is 267 g/mol. The van der Waals surface area contributed by atoms with Crippen molar-refractivity contribution in [2.24, 2.45) is 0 Å². The van der Waals surface area contributed by atoms with Crippen molar-refractivity contribution in [1.82, 2.24) is 0 Å². The molecule has 0 aromatic carbocycles. The van der Waals surface area contributed by atoms with Gasteiger partial charge in [0, 0.05) is 0 Å². The van der Waals surface area contributed by atoms with Gasteiger partial charge in [0.05, 0.1) is 6.26 Å². The van der Waals surface area contributed by atoms with Gasteiger partial charge in [-0.1, -0.05) is 0 Å². The standard InChI is InChI=1S/C11H7BrO3/c12-11-6-4-8(15-11)3-5-9(13)10-2-1-7-14-10/h1-7H/b5-3+. The van der Waals surface area contributed by atoms with E-state index in [4.69, 9.17) is 8.83 Å². The fourth-order valence-corrected chi connectivity index (χ4v) is 1.40. The highest BCUT2D eigenvalue weighted by molar-refractivity contribution is 9.10. The minimum absolute atomic E-state index is 0.187. The van der Waals surface area contributed by atoms with E-state index < -0.39 is 0 Å². The molecule has 0 bridgehead atoms. The summed E-state index contributed by atoms with van der Waals surface area (Å²) in [5.74, 6) is 0.742. The quantitative estimate of drug-likeness (QED) is 0.631. The van der Waals surface area contributed by atoms with Crippen LogP contribution in [0.5, 0.6) is 0 Å². The summed E-state index contributed by atoms with van der Waals surface area (Å²) in [5, 5.41) is 0.